The third-order valence-electron chi connectivity index (χ3n) is 2.16. The molecule has 80 valence electrons. The van der Waals surface area contributed by atoms with Gasteiger partial charge in [0, 0.05) is 0 Å². The lowest BCUT2D eigenvalue weighted by Gasteiger charge is -2.22. The zero-order chi connectivity index (χ0) is 10.6. The Morgan fingerprint density at radius 2 is 2.21 bits per heavy atom. The van der Waals surface area contributed by atoms with Crippen LogP contribution in [0.25, 0.3) is 0 Å². The zero-order valence-electron chi connectivity index (χ0n) is 8.04. The molecule has 0 aromatic heterocycles. The summed E-state index contributed by atoms with van der Waals surface area (Å²) in [6.07, 6.45) is 7.47. The summed E-state index contributed by atoms with van der Waals surface area (Å²) in [6.45, 7) is 1.92. The van der Waals surface area contributed by atoms with Crippen molar-refractivity contribution in [3.05, 3.63) is 24.5 Å². The van der Waals surface area contributed by atoms with Gasteiger partial charge in [-0.05, 0) is 24.5 Å². The van der Waals surface area contributed by atoms with Crippen LogP contribution in [0.4, 0.5) is 0 Å². The molecule has 0 aliphatic carbocycles. The van der Waals surface area contributed by atoms with Gasteiger partial charge in [0.1, 0.15) is 6.10 Å². The molecule has 4 nitrogen and oxygen atoms in total. The van der Waals surface area contributed by atoms with E-state index in [9.17, 15) is 4.57 Å². The van der Waals surface area contributed by atoms with Gasteiger partial charge in [0.25, 0.3) is 0 Å². The van der Waals surface area contributed by atoms with E-state index in [0.717, 1.165) is 0 Å². The van der Waals surface area contributed by atoms with Crippen molar-refractivity contribution in [2.75, 3.05) is 6.16 Å². The Morgan fingerprint density at radius 3 is 2.71 bits per heavy atom. The highest BCUT2D eigenvalue weighted by Crippen LogP contribution is 2.36. The lowest BCUT2D eigenvalue weighted by atomic mass is 10.0. The Kier molecular flexibility index (Phi) is 3.93. The minimum atomic E-state index is -3.87. The smallest absolute Gasteiger partial charge is 0.325 e. The van der Waals surface area contributed by atoms with Crippen LogP contribution in [0.2, 0.25) is 0 Å². The Morgan fingerprint density at radius 1 is 1.50 bits per heavy atom. The molecule has 14 heavy (non-hydrogen) atoms. The summed E-state index contributed by atoms with van der Waals surface area (Å²) in [5, 5.41) is 0. The Hall–Kier alpha value is -0.570. The van der Waals surface area contributed by atoms with Crippen molar-refractivity contribution < 1.29 is 19.1 Å². The molecule has 2 atom stereocenters. The molecule has 1 aliphatic rings. The molecular weight excluding hydrogens is 203 g/mol. The van der Waals surface area contributed by atoms with Gasteiger partial charge in [-0.15, -0.1) is 0 Å². The number of rotatable bonds is 4. The van der Waals surface area contributed by atoms with Gasteiger partial charge in [0.15, 0.2) is 0 Å². The second-order valence-corrected chi connectivity index (χ2v) is 5.24. The van der Waals surface area contributed by atoms with Crippen LogP contribution in [0.1, 0.15) is 13.3 Å². The van der Waals surface area contributed by atoms with Crippen molar-refractivity contribution >= 4 is 7.60 Å². The number of ether oxygens (including phenoxy) is 1. The zero-order valence-corrected chi connectivity index (χ0v) is 8.93. The van der Waals surface area contributed by atoms with Crippen LogP contribution in [0.5, 0.6) is 0 Å². The van der Waals surface area contributed by atoms with Crippen LogP contribution < -0.4 is 0 Å². The van der Waals surface area contributed by atoms with Gasteiger partial charge in [0.2, 0.25) is 0 Å². The van der Waals surface area contributed by atoms with E-state index in [-0.39, 0.29) is 18.2 Å². The maximum absolute atomic E-state index is 10.6. The summed E-state index contributed by atoms with van der Waals surface area (Å²) >= 11 is 0. The normalized spacial score (nSPS) is 23.2. The third-order valence-corrected chi connectivity index (χ3v) is 3.00. The highest BCUT2D eigenvalue weighted by molar-refractivity contribution is 7.51. The van der Waals surface area contributed by atoms with Crippen LogP contribution in [-0.2, 0) is 9.30 Å². The highest BCUT2D eigenvalue weighted by Gasteiger charge is 2.20. The topological polar surface area (TPSA) is 66.8 Å². The van der Waals surface area contributed by atoms with Crippen LogP contribution >= 0.6 is 7.60 Å². The molecule has 5 heteroatoms. The first-order chi connectivity index (χ1) is 6.49. The van der Waals surface area contributed by atoms with Crippen molar-refractivity contribution in [2.24, 2.45) is 5.92 Å². The van der Waals surface area contributed by atoms with E-state index in [1.54, 1.807) is 12.3 Å². The van der Waals surface area contributed by atoms with Crippen molar-refractivity contribution in [3.63, 3.8) is 0 Å². The van der Waals surface area contributed by atoms with E-state index in [4.69, 9.17) is 14.5 Å². The van der Waals surface area contributed by atoms with Gasteiger partial charge in [-0.1, -0.05) is 13.0 Å². The largest absolute Gasteiger partial charge is 0.494 e. The summed E-state index contributed by atoms with van der Waals surface area (Å²) in [7, 11) is -3.87. The monoisotopic (exact) mass is 218 g/mol. The lowest BCUT2D eigenvalue weighted by Crippen LogP contribution is -2.19. The fraction of sp³-hybridized carbons (Fsp3) is 0.556. The molecule has 0 saturated carbocycles. The standard InChI is InChI=1S/C9H15O4P/c1-8(5-7-14(10,11)12)9-4-2-3-6-13-9/h2-4,6,8-9H,5,7H2,1H3,(H2,10,11,12). The number of hydrogen-bond donors (Lipinski definition) is 2. The van der Waals surface area contributed by atoms with Gasteiger partial charge in [-0.25, -0.2) is 0 Å². The Bertz CT molecular complexity index is 279. The van der Waals surface area contributed by atoms with Gasteiger partial charge in [0.05, 0.1) is 12.4 Å². The Balaban J connectivity index is 2.35. The Labute approximate surface area is 83.4 Å². The molecule has 1 heterocycles. The fourth-order valence-corrected chi connectivity index (χ4v) is 2.00. The first kappa shape index (κ1) is 11.5. The predicted molar refractivity (Wildman–Crippen MR) is 53.8 cm³/mol. The minimum absolute atomic E-state index is 0.0634. The van der Waals surface area contributed by atoms with Gasteiger partial charge >= 0.3 is 7.60 Å². The molecule has 2 unspecified atom stereocenters. The second-order valence-electron chi connectivity index (χ2n) is 3.47. The number of hydrogen-bond acceptors (Lipinski definition) is 2. The van der Waals surface area contributed by atoms with Crippen LogP contribution in [0.3, 0.4) is 0 Å². The number of allylic oxidation sites excluding steroid dienone is 2. The minimum Gasteiger partial charge on any atom is -0.494 e. The molecule has 0 aromatic carbocycles. The summed E-state index contributed by atoms with van der Waals surface area (Å²) in [5.74, 6) is 0.115. The maximum Gasteiger partial charge on any atom is 0.325 e. The van der Waals surface area contributed by atoms with E-state index in [1.807, 2.05) is 19.1 Å². The van der Waals surface area contributed by atoms with Crippen LogP contribution in [0, 0.1) is 5.92 Å². The quantitative estimate of drug-likeness (QED) is 0.704. The first-order valence-electron chi connectivity index (χ1n) is 4.52. The maximum atomic E-state index is 10.6. The molecule has 0 fully saturated rings. The van der Waals surface area contributed by atoms with E-state index in [2.05, 4.69) is 0 Å². The highest BCUT2D eigenvalue weighted by atomic mass is 31.2. The van der Waals surface area contributed by atoms with Gasteiger partial charge in [-0.3, -0.25) is 4.57 Å². The third kappa shape index (κ3) is 4.09. The van der Waals surface area contributed by atoms with Crippen molar-refractivity contribution in [3.8, 4) is 0 Å². The SMILES string of the molecule is CC(CCP(=O)(O)O)C1C=CC=CO1. The molecule has 0 amide bonds. The van der Waals surface area contributed by atoms with Crippen LogP contribution in [0.15, 0.2) is 24.5 Å². The lowest BCUT2D eigenvalue weighted by molar-refractivity contribution is 0.129. The average molecular weight is 218 g/mol. The van der Waals surface area contributed by atoms with E-state index < -0.39 is 7.60 Å². The molecule has 0 bridgehead atoms. The molecule has 1 rings (SSSR count). The molecule has 0 aromatic rings. The summed E-state index contributed by atoms with van der Waals surface area (Å²) < 4.78 is 15.9. The van der Waals surface area contributed by atoms with Gasteiger partial charge in [-0.2, -0.15) is 0 Å². The molecule has 0 spiro atoms. The summed E-state index contributed by atoms with van der Waals surface area (Å²) in [6, 6.07) is 0. The summed E-state index contributed by atoms with van der Waals surface area (Å²) in [5.41, 5.74) is 0. The molecule has 1 aliphatic heterocycles. The molecular formula is C9H15O4P. The van der Waals surface area contributed by atoms with Crippen LogP contribution in [-0.4, -0.2) is 22.1 Å². The van der Waals surface area contributed by atoms with Crippen molar-refractivity contribution in [1.29, 1.82) is 0 Å². The van der Waals surface area contributed by atoms with Crippen molar-refractivity contribution in [2.45, 2.75) is 19.4 Å². The fourth-order valence-electron chi connectivity index (χ4n) is 1.26. The second kappa shape index (κ2) is 4.78. The van der Waals surface area contributed by atoms with E-state index >= 15 is 0 Å². The van der Waals surface area contributed by atoms with Gasteiger partial charge < -0.3 is 14.5 Å². The predicted octanol–water partition coefficient (Wildman–Crippen LogP) is 1.66. The summed E-state index contributed by atoms with van der Waals surface area (Å²) in [4.78, 5) is 17.4. The average Bonchev–Trinajstić information content (AvgIpc) is 2.14. The molecule has 2 N–H and O–H groups in total. The first-order valence-corrected chi connectivity index (χ1v) is 6.32. The van der Waals surface area contributed by atoms with E-state index in [0.29, 0.717) is 6.42 Å². The van der Waals surface area contributed by atoms with Crippen molar-refractivity contribution in [1.82, 2.24) is 0 Å². The molecule has 0 radical (unpaired) electrons. The molecule has 0 saturated heterocycles. The van der Waals surface area contributed by atoms with E-state index in [1.165, 1.54) is 0 Å².